The fourth-order valence-electron chi connectivity index (χ4n) is 3.26. The van der Waals surface area contributed by atoms with Crippen molar-refractivity contribution in [2.75, 3.05) is 13.1 Å². The van der Waals surface area contributed by atoms with Gasteiger partial charge in [0.15, 0.2) is 0 Å². The molecule has 0 radical (unpaired) electrons. The molecule has 1 aliphatic rings. The molecule has 18 heavy (non-hydrogen) atoms. The van der Waals surface area contributed by atoms with Crippen LogP contribution in [0.3, 0.4) is 0 Å². The Morgan fingerprint density at radius 3 is 2.83 bits per heavy atom. The molecule has 0 amide bonds. The van der Waals surface area contributed by atoms with Crippen LogP contribution in [0.1, 0.15) is 56.4 Å². The lowest BCUT2D eigenvalue weighted by Crippen LogP contribution is -2.34. The Bertz CT molecular complexity index is 380. The van der Waals surface area contributed by atoms with Crippen LogP contribution >= 0.6 is 11.3 Å². The summed E-state index contributed by atoms with van der Waals surface area (Å²) in [5, 5.41) is 5.94. The van der Waals surface area contributed by atoms with Gasteiger partial charge in [-0.05, 0) is 73.5 Å². The lowest BCUT2D eigenvalue weighted by Gasteiger charge is -2.41. The number of rotatable bonds is 4. The van der Waals surface area contributed by atoms with E-state index in [-0.39, 0.29) is 0 Å². The monoisotopic (exact) mass is 265 g/mol. The van der Waals surface area contributed by atoms with Crippen LogP contribution in [0.4, 0.5) is 0 Å². The number of thiophene rings is 1. The molecule has 0 bridgehead atoms. The molecule has 1 fully saturated rings. The third kappa shape index (κ3) is 3.36. The predicted octanol–water partition coefficient (Wildman–Crippen LogP) is 4.58. The minimum Gasteiger partial charge on any atom is -0.317 e. The van der Waals surface area contributed by atoms with Gasteiger partial charge in [0.25, 0.3) is 0 Å². The molecule has 1 aromatic rings. The predicted molar refractivity (Wildman–Crippen MR) is 81.5 cm³/mol. The van der Waals surface area contributed by atoms with Gasteiger partial charge in [0.05, 0.1) is 0 Å². The van der Waals surface area contributed by atoms with Gasteiger partial charge in [0.2, 0.25) is 0 Å². The Balaban J connectivity index is 2.13. The summed E-state index contributed by atoms with van der Waals surface area (Å²) in [6, 6.07) is 2.41. The minimum absolute atomic E-state index is 0.517. The molecule has 1 nitrogen and oxygen atoms in total. The highest BCUT2D eigenvalue weighted by atomic mass is 32.1. The van der Waals surface area contributed by atoms with Crippen molar-refractivity contribution in [2.45, 2.75) is 52.9 Å². The van der Waals surface area contributed by atoms with Crippen molar-refractivity contribution >= 4 is 11.3 Å². The summed E-state index contributed by atoms with van der Waals surface area (Å²) in [5.41, 5.74) is 2.11. The first-order valence-electron chi connectivity index (χ1n) is 7.27. The van der Waals surface area contributed by atoms with Crippen molar-refractivity contribution in [3.8, 4) is 0 Å². The first-order valence-corrected chi connectivity index (χ1v) is 8.15. The summed E-state index contributed by atoms with van der Waals surface area (Å²) in [6.07, 6.45) is 4.10. The topological polar surface area (TPSA) is 12.0 Å². The van der Waals surface area contributed by atoms with E-state index in [1.165, 1.54) is 30.7 Å². The molecule has 1 N–H and O–H groups in total. The van der Waals surface area contributed by atoms with Crippen molar-refractivity contribution < 1.29 is 0 Å². The normalized spacial score (nSPS) is 27.3. The quantitative estimate of drug-likeness (QED) is 0.840. The maximum absolute atomic E-state index is 3.56. The molecular weight excluding hydrogens is 238 g/mol. The Morgan fingerprint density at radius 2 is 2.22 bits per heavy atom. The number of aryl methyl sites for hydroxylation is 1. The molecule has 0 saturated heterocycles. The molecule has 2 heteroatoms. The molecule has 1 saturated carbocycles. The van der Waals surface area contributed by atoms with Crippen molar-refractivity contribution in [2.24, 2.45) is 11.3 Å². The zero-order chi connectivity index (χ0) is 13.2. The van der Waals surface area contributed by atoms with Crippen LogP contribution in [0.15, 0.2) is 11.4 Å². The second kappa shape index (κ2) is 5.75. The summed E-state index contributed by atoms with van der Waals surface area (Å²) in [4.78, 5) is 1.45. The summed E-state index contributed by atoms with van der Waals surface area (Å²) in [6.45, 7) is 11.6. The fourth-order valence-corrected chi connectivity index (χ4v) is 4.03. The van der Waals surface area contributed by atoms with Crippen LogP contribution in [0.5, 0.6) is 0 Å². The number of hydrogen-bond donors (Lipinski definition) is 1. The second-order valence-corrected chi connectivity index (χ2v) is 7.69. The van der Waals surface area contributed by atoms with Gasteiger partial charge in [0.1, 0.15) is 0 Å². The van der Waals surface area contributed by atoms with E-state index >= 15 is 0 Å². The molecule has 0 aromatic carbocycles. The van der Waals surface area contributed by atoms with Gasteiger partial charge in [-0.3, -0.25) is 0 Å². The average molecular weight is 265 g/mol. The molecule has 2 unspecified atom stereocenters. The summed E-state index contributed by atoms with van der Waals surface area (Å²) in [5.74, 6) is 1.59. The number of hydrogen-bond acceptors (Lipinski definition) is 2. The van der Waals surface area contributed by atoms with Gasteiger partial charge in [-0.1, -0.05) is 20.8 Å². The van der Waals surface area contributed by atoms with Crippen molar-refractivity contribution in [3.63, 3.8) is 0 Å². The van der Waals surface area contributed by atoms with E-state index < -0.39 is 0 Å². The molecule has 1 aliphatic carbocycles. The zero-order valence-electron chi connectivity index (χ0n) is 12.3. The highest BCUT2D eigenvalue weighted by molar-refractivity contribution is 7.10. The summed E-state index contributed by atoms with van der Waals surface area (Å²) >= 11 is 1.90. The lowest BCUT2D eigenvalue weighted by atomic mass is 9.65. The first kappa shape index (κ1) is 14.1. The van der Waals surface area contributed by atoms with Gasteiger partial charge in [-0.25, -0.2) is 0 Å². The van der Waals surface area contributed by atoms with Gasteiger partial charge >= 0.3 is 0 Å². The maximum Gasteiger partial charge on any atom is 0.00171 e. The van der Waals surface area contributed by atoms with E-state index in [1.807, 2.05) is 11.3 Å². The molecule has 0 aliphatic heterocycles. The maximum atomic E-state index is 3.56. The SMILES string of the molecule is CCNCC1CCC(C)(C)CC1c1csc(C)c1. The minimum atomic E-state index is 0.517. The second-order valence-electron chi connectivity index (χ2n) is 6.57. The molecule has 102 valence electrons. The fraction of sp³-hybridized carbons (Fsp3) is 0.750. The van der Waals surface area contributed by atoms with Gasteiger partial charge in [-0.2, -0.15) is 0 Å². The van der Waals surface area contributed by atoms with Gasteiger partial charge in [-0.15, -0.1) is 11.3 Å². The van der Waals surface area contributed by atoms with Gasteiger partial charge < -0.3 is 5.32 Å². The van der Waals surface area contributed by atoms with Crippen molar-refractivity contribution in [1.29, 1.82) is 0 Å². The lowest BCUT2D eigenvalue weighted by molar-refractivity contribution is 0.160. The van der Waals surface area contributed by atoms with Crippen LogP contribution < -0.4 is 5.32 Å². The standard InChI is InChI=1S/C16H27NS/c1-5-17-10-13-6-7-16(3,4)9-15(13)14-8-12(2)18-11-14/h8,11,13,15,17H,5-7,9-10H2,1-4H3. The molecule has 1 aromatic heterocycles. The van der Waals surface area contributed by atoms with Crippen LogP contribution in [0.2, 0.25) is 0 Å². The van der Waals surface area contributed by atoms with Crippen LogP contribution in [0, 0.1) is 18.3 Å². The summed E-state index contributed by atoms with van der Waals surface area (Å²) in [7, 11) is 0. The van der Waals surface area contributed by atoms with E-state index in [2.05, 4.69) is 44.5 Å². The highest BCUT2D eigenvalue weighted by Gasteiger charge is 2.35. The van der Waals surface area contributed by atoms with E-state index in [9.17, 15) is 0 Å². The van der Waals surface area contributed by atoms with E-state index in [0.29, 0.717) is 5.41 Å². The molecular formula is C16H27NS. The Hall–Kier alpha value is -0.340. The van der Waals surface area contributed by atoms with Gasteiger partial charge in [0, 0.05) is 4.88 Å². The Labute approximate surface area is 116 Å². The van der Waals surface area contributed by atoms with Crippen LogP contribution in [-0.2, 0) is 0 Å². The van der Waals surface area contributed by atoms with Crippen molar-refractivity contribution in [1.82, 2.24) is 5.32 Å². The number of nitrogens with one attached hydrogen (secondary N) is 1. The largest absolute Gasteiger partial charge is 0.317 e. The third-order valence-corrected chi connectivity index (χ3v) is 5.25. The molecule has 1 heterocycles. The summed E-state index contributed by atoms with van der Waals surface area (Å²) < 4.78 is 0. The van der Waals surface area contributed by atoms with E-state index in [4.69, 9.17) is 0 Å². The van der Waals surface area contributed by atoms with Crippen molar-refractivity contribution in [3.05, 3.63) is 21.9 Å². The first-order chi connectivity index (χ1) is 8.52. The Morgan fingerprint density at radius 1 is 1.44 bits per heavy atom. The smallest absolute Gasteiger partial charge is 0.00171 e. The zero-order valence-corrected chi connectivity index (χ0v) is 13.1. The van der Waals surface area contributed by atoms with E-state index in [1.54, 1.807) is 5.56 Å². The average Bonchev–Trinajstić information content (AvgIpc) is 2.73. The molecule has 2 atom stereocenters. The molecule has 2 rings (SSSR count). The highest BCUT2D eigenvalue weighted by Crippen LogP contribution is 2.47. The van der Waals surface area contributed by atoms with E-state index in [0.717, 1.165) is 18.4 Å². The van der Waals surface area contributed by atoms with Crippen LogP contribution in [0.25, 0.3) is 0 Å². The van der Waals surface area contributed by atoms with Crippen LogP contribution in [-0.4, -0.2) is 13.1 Å². The molecule has 0 spiro atoms. The Kier molecular flexibility index (Phi) is 4.50. The third-order valence-electron chi connectivity index (χ3n) is 4.37.